The first kappa shape index (κ1) is 19.8. The summed E-state index contributed by atoms with van der Waals surface area (Å²) in [7, 11) is 0. The van der Waals surface area contributed by atoms with Gasteiger partial charge in [-0.3, -0.25) is 9.59 Å². The van der Waals surface area contributed by atoms with Crippen LogP contribution < -0.4 is 9.64 Å². The Balaban J connectivity index is 1.58. The maximum Gasteiger partial charge on any atom is 0.263 e. The zero-order chi connectivity index (χ0) is 20.3. The maximum absolute atomic E-state index is 14.3. The molecule has 1 unspecified atom stereocenters. The SMILES string of the molecule is CC(=O)c1ccc(N2CCN(C(=O)C(C)Oc3cccc(F)c3)CC2)c(F)c1. The molecule has 5 nitrogen and oxygen atoms in total. The number of carbonyl (C=O) groups is 2. The number of carbonyl (C=O) groups excluding carboxylic acids is 2. The van der Waals surface area contributed by atoms with E-state index in [9.17, 15) is 18.4 Å². The lowest BCUT2D eigenvalue weighted by molar-refractivity contribution is -0.138. The number of anilines is 1. The van der Waals surface area contributed by atoms with Gasteiger partial charge in [0.25, 0.3) is 5.91 Å². The fourth-order valence-corrected chi connectivity index (χ4v) is 3.20. The summed E-state index contributed by atoms with van der Waals surface area (Å²) in [6, 6.07) is 10.1. The van der Waals surface area contributed by atoms with E-state index in [1.807, 2.05) is 4.90 Å². The van der Waals surface area contributed by atoms with Crippen molar-refractivity contribution < 1.29 is 23.1 Å². The lowest BCUT2D eigenvalue weighted by Gasteiger charge is -2.37. The Labute approximate surface area is 162 Å². The molecule has 1 saturated heterocycles. The van der Waals surface area contributed by atoms with Crippen molar-refractivity contribution in [1.29, 1.82) is 0 Å². The molecule has 0 spiro atoms. The minimum Gasteiger partial charge on any atom is -0.481 e. The third-order valence-corrected chi connectivity index (χ3v) is 4.74. The van der Waals surface area contributed by atoms with Gasteiger partial charge in [0, 0.05) is 37.8 Å². The second-order valence-corrected chi connectivity index (χ2v) is 6.75. The van der Waals surface area contributed by atoms with Crippen LogP contribution in [0.1, 0.15) is 24.2 Å². The van der Waals surface area contributed by atoms with Gasteiger partial charge in [-0.1, -0.05) is 6.07 Å². The fourth-order valence-electron chi connectivity index (χ4n) is 3.20. The van der Waals surface area contributed by atoms with Gasteiger partial charge in [0.1, 0.15) is 17.4 Å². The van der Waals surface area contributed by atoms with E-state index in [0.29, 0.717) is 43.2 Å². The van der Waals surface area contributed by atoms with Gasteiger partial charge in [0.15, 0.2) is 11.9 Å². The minimum absolute atomic E-state index is 0.187. The highest BCUT2D eigenvalue weighted by Crippen LogP contribution is 2.23. The molecular weight excluding hydrogens is 366 g/mol. The van der Waals surface area contributed by atoms with Crippen LogP contribution in [0, 0.1) is 11.6 Å². The van der Waals surface area contributed by atoms with Crippen LogP contribution in [0.3, 0.4) is 0 Å². The molecule has 0 aromatic heterocycles. The van der Waals surface area contributed by atoms with Crippen LogP contribution in [-0.2, 0) is 4.79 Å². The molecule has 1 atom stereocenters. The van der Waals surface area contributed by atoms with Gasteiger partial charge >= 0.3 is 0 Å². The third-order valence-electron chi connectivity index (χ3n) is 4.74. The van der Waals surface area contributed by atoms with Crippen molar-refractivity contribution in [2.45, 2.75) is 20.0 Å². The van der Waals surface area contributed by atoms with Crippen LogP contribution in [0.25, 0.3) is 0 Å². The molecule has 1 aliphatic rings. The molecule has 1 aliphatic heterocycles. The van der Waals surface area contributed by atoms with E-state index in [-0.39, 0.29) is 11.7 Å². The molecule has 28 heavy (non-hydrogen) atoms. The number of halogens is 2. The maximum atomic E-state index is 14.3. The minimum atomic E-state index is -0.750. The van der Waals surface area contributed by atoms with Crippen molar-refractivity contribution >= 4 is 17.4 Å². The summed E-state index contributed by atoms with van der Waals surface area (Å²) >= 11 is 0. The molecule has 0 bridgehead atoms. The Morgan fingerprint density at radius 1 is 1.04 bits per heavy atom. The highest BCUT2D eigenvalue weighted by Gasteiger charge is 2.27. The Morgan fingerprint density at radius 3 is 2.36 bits per heavy atom. The number of piperazine rings is 1. The summed E-state index contributed by atoms with van der Waals surface area (Å²) in [4.78, 5) is 27.5. The lowest BCUT2D eigenvalue weighted by atomic mass is 10.1. The number of Topliss-reactive ketones (excluding diaryl/α,β-unsaturated/α-hetero) is 1. The smallest absolute Gasteiger partial charge is 0.263 e. The molecule has 0 aliphatic carbocycles. The van der Waals surface area contributed by atoms with Crippen LogP contribution in [0.15, 0.2) is 42.5 Å². The van der Waals surface area contributed by atoms with E-state index in [2.05, 4.69) is 0 Å². The Morgan fingerprint density at radius 2 is 1.75 bits per heavy atom. The number of amides is 1. The molecule has 0 radical (unpaired) electrons. The Kier molecular flexibility index (Phi) is 5.92. The number of benzene rings is 2. The normalized spacial score (nSPS) is 15.3. The molecule has 3 rings (SSSR count). The molecule has 0 N–H and O–H groups in total. The average Bonchev–Trinajstić information content (AvgIpc) is 2.67. The number of hydrogen-bond donors (Lipinski definition) is 0. The number of hydrogen-bond acceptors (Lipinski definition) is 4. The summed E-state index contributed by atoms with van der Waals surface area (Å²) in [5, 5.41) is 0. The predicted octanol–water partition coefficient (Wildman–Crippen LogP) is 3.28. The average molecular weight is 388 g/mol. The van der Waals surface area contributed by atoms with Crippen LogP contribution >= 0.6 is 0 Å². The third kappa shape index (κ3) is 4.47. The molecular formula is C21H22F2N2O3. The van der Waals surface area contributed by atoms with Crippen LogP contribution in [0.2, 0.25) is 0 Å². The van der Waals surface area contributed by atoms with Gasteiger partial charge in [-0.25, -0.2) is 8.78 Å². The number of ether oxygens (including phenoxy) is 1. The monoisotopic (exact) mass is 388 g/mol. The fraction of sp³-hybridized carbons (Fsp3) is 0.333. The van der Waals surface area contributed by atoms with Crippen molar-refractivity contribution in [2.24, 2.45) is 0 Å². The standard InChI is InChI=1S/C21H22F2N2O3/c1-14(26)16-6-7-20(19(23)12-16)24-8-10-25(11-9-24)21(27)15(2)28-18-5-3-4-17(22)13-18/h3-7,12-13,15H,8-11H2,1-2H3. The van der Waals surface area contributed by atoms with Crippen molar-refractivity contribution in [1.82, 2.24) is 4.90 Å². The van der Waals surface area contributed by atoms with Crippen LogP contribution in [-0.4, -0.2) is 48.9 Å². The van der Waals surface area contributed by atoms with Crippen molar-refractivity contribution in [2.75, 3.05) is 31.1 Å². The summed E-state index contributed by atoms with van der Waals surface area (Å²) in [5.41, 5.74) is 0.750. The highest BCUT2D eigenvalue weighted by atomic mass is 19.1. The first-order valence-corrected chi connectivity index (χ1v) is 9.11. The topological polar surface area (TPSA) is 49.9 Å². The van der Waals surface area contributed by atoms with Gasteiger partial charge in [-0.2, -0.15) is 0 Å². The molecule has 1 amide bonds. The van der Waals surface area contributed by atoms with E-state index >= 15 is 0 Å². The zero-order valence-electron chi connectivity index (χ0n) is 15.8. The lowest BCUT2D eigenvalue weighted by Crippen LogP contribution is -2.52. The molecule has 2 aromatic rings. The Hall–Kier alpha value is -2.96. The van der Waals surface area contributed by atoms with Gasteiger partial charge in [0.2, 0.25) is 0 Å². The molecule has 0 saturated carbocycles. The molecule has 7 heteroatoms. The molecule has 148 valence electrons. The van der Waals surface area contributed by atoms with E-state index in [0.717, 1.165) is 0 Å². The predicted molar refractivity (Wildman–Crippen MR) is 102 cm³/mol. The van der Waals surface area contributed by atoms with E-state index in [1.54, 1.807) is 30.0 Å². The van der Waals surface area contributed by atoms with Crippen molar-refractivity contribution in [3.63, 3.8) is 0 Å². The summed E-state index contributed by atoms with van der Waals surface area (Å²) in [6.07, 6.45) is -0.750. The van der Waals surface area contributed by atoms with Crippen molar-refractivity contribution in [3.05, 3.63) is 59.7 Å². The van der Waals surface area contributed by atoms with Gasteiger partial charge in [-0.15, -0.1) is 0 Å². The Bertz CT molecular complexity index is 880. The summed E-state index contributed by atoms with van der Waals surface area (Å²) in [6.45, 7) is 4.79. The zero-order valence-corrected chi connectivity index (χ0v) is 15.8. The van der Waals surface area contributed by atoms with Gasteiger partial charge in [0.05, 0.1) is 5.69 Å². The van der Waals surface area contributed by atoms with E-state index < -0.39 is 17.7 Å². The van der Waals surface area contributed by atoms with Gasteiger partial charge < -0.3 is 14.5 Å². The van der Waals surface area contributed by atoms with Crippen molar-refractivity contribution in [3.8, 4) is 5.75 Å². The van der Waals surface area contributed by atoms with Crippen LogP contribution in [0.4, 0.5) is 14.5 Å². The largest absolute Gasteiger partial charge is 0.481 e. The second-order valence-electron chi connectivity index (χ2n) is 6.75. The number of rotatable bonds is 5. The summed E-state index contributed by atoms with van der Waals surface area (Å²) < 4.78 is 33.1. The number of ketones is 1. The van der Waals surface area contributed by atoms with E-state index in [4.69, 9.17) is 4.74 Å². The number of nitrogens with zero attached hydrogens (tertiary/aromatic N) is 2. The van der Waals surface area contributed by atoms with Crippen LogP contribution in [0.5, 0.6) is 5.75 Å². The highest BCUT2D eigenvalue weighted by molar-refractivity contribution is 5.94. The molecule has 1 heterocycles. The van der Waals surface area contributed by atoms with E-state index in [1.165, 1.54) is 31.2 Å². The first-order chi connectivity index (χ1) is 13.3. The van der Waals surface area contributed by atoms with Gasteiger partial charge in [-0.05, 0) is 44.2 Å². The second kappa shape index (κ2) is 8.37. The summed E-state index contributed by atoms with van der Waals surface area (Å²) in [5.74, 6) is -0.963. The molecule has 1 fully saturated rings. The quantitative estimate of drug-likeness (QED) is 0.738. The molecule has 2 aromatic carbocycles. The first-order valence-electron chi connectivity index (χ1n) is 9.11.